The van der Waals surface area contributed by atoms with E-state index in [0.29, 0.717) is 13.0 Å². The Hall–Kier alpha value is -2.89. The fourth-order valence-electron chi connectivity index (χ4n) is 5.30. The lowest BCUT2D eigenvalue weighted by Gasteiger charge is -2.44. The third-order valence-corrected chi connectivity index (χ3v) is 7.39. The molecule has 3 aromatic rings. The number of nitrogens with zero attached hydrogens (tertiary/aromatic N) is 4. The van der Waals surface area contributed by atoms with E-state index in [1.165, 1.54) is 5.56 Å². The summed E-state index contributed by atoms with van der Waals surface area (Å²) in [5.74, 6) is 0.583. The summed E-state index contributed by atoms with van der Waals surface area (Å²) >= 11 is 0. The minimum absolute atomic E-state index is 0.0454. The first-order valence-electron chi connectivity index (χ1n) is 12.2. The van der Waals surface area contributed by atoms with Gasteiger partial charge in [0.25, 0.3) is 0 Å². The van der Waals surface area contributed by atoms with Crippen LogP contribution in [0.5, 0.6) is 0 Å². The lowest BCUT2D eigenvalue weighted by Crippen LogP contribution is -2.51. The first-order valence-corrected chi connectivity index (χ1v) is 12.2. The van der Waals surface area contributed by atoms with Crippen molar-refractivity contribution >= 4 is 17.4 Å². The first kappa shape index (κ1) is 23.3. The molecule has 0 aliphatic carbocycles. The molecule has 0 bridgehead atoms. The monoisotopic (exact) mass is 448 g/mol. The number of carboxylic acid groups (broad SMARTS) is 1. The number of anilines is 1. The minimum Gasteiger partial charge on any atom is -0.481 e. The van der Waals surface area contributed by atoms with Crippen molar-refractivity contribution in [1.82, 2.24) is 14.6 Å². The van der Waals surface area contributed by atoms with Crippen LogP contribution in [0, 0.1) is 18.3 Å². The van der Waals surface area contributed by atoms with E-state index in [9.17, 15) is 9.90 Å². The minimum atomic E-state index is -0.762. The maximum atomic E-state index is 12.4. The predicted molar refractivity (Wildman–Crippen MR) is 133 cm³/mol. The van der Waals surface area contributed by atoms with Crippen LogP contribution >= 0.6 is 0 Å². The molecule has 176 valence electrons. The van der Waals surface area contributed by atoms with Crippen LogP contribution in [0.4, 0.5) is 5.82 Å². The van der Waals surface area contributed by atoms with Gasteiger partial charge in [0.05, 0.1) is 11.1 Å². The summed E-state index contributed by atoms with van der Waals surface area (Å²) in [5.41, 5.74) is 5.41. The van der Waals surface area contributed by atoms with E-state index in [-0.39, 0.29) is 11.8 Å². The number of rotatable bonds is 6. The van der Waals surface area contributed by atoms with E-state index in [1.807, 2.05) is 24.4 Å². The summed E-state index contributed by atoms with van der Waals surface area (Å²) in [6.45, 7) is 13.9. The Morgan fingerprint density at radius 2 is 1.88 bits per heavy atom. The molecule has 1 saturated heterocycles. The van der Waals surface area contributed by atoms with E-state index >= 15 is 0 Å². The van der Waals surface area contributed by atoms with Crippen molar-refractivity contribution in [3.05, 3.63) is 47.2 Å². The Kier molecular flexibility index (Phi) is 6.21. The number of piperidine rings is 1. The van der Waals surface area contributed by atoms with Crippen molar-refractivity contribution in [3.63, 3.8) is 0 Å². The second kappa shape index (κ2) is 8.81. The third kappa shape index (κ3) is 4.00. The molecule has 1 N–H and O–H groups in total. The Bertz CT molecular complexity index is 1160. The number of benzene rings is 1. The number of aryl methyl sites for hydroxylation is 2. The molecule has 33 heavy (non-hydrogen) atoms. The van der Waals surface area contributed by atoms with Gasteiger partial charge in [-0.2, -0.15) is 9.61 Å². The molecule has 1 aliphatic heterocycles. The molecule has 1 atom stereocenters. The lowest BCUT2D eigenvalue weighted by atomic mass is 9.71. The average molecular weight is 449 g/mol. The Morgan fingerprint density at radius 1 is 1.18 bits per heavy atom. The number of fused-ring (bicyclic) bond motifs is 1. The molecule has 0 spiro atoms. The van der Waals surface area contributed by atoms with Gasteiger partial charge in [-0.1, -0.05) is 58.9 Å². The van der Waals surface area contributed by atoms with Gasteiger partial charge >= 0.3 is 5.97 Å². The molecule has 3 heterocycles. The van der Waals surface area contributed by atoms with Gasteiger partial charge in [-0.25, -0.2) is 4.98 Å². The highest BCUT2D eigenvalue weighted by Crippen LogP contribution is 2.41. The van der Waals surface area contributed by atoms with Crippen LogP contribution in [0.15, 0.2) is 30.3 Å². The van der Waals surface area contributed by atoms with Gasteiger partial charge in [0.15, 0.2) is 5.65 Å². The Labute approximate surface area is 196 Å². The Balaban J connectivity index is 1.89. The summed E-state index contributed by atoms with van der Waals surface area (Å²) < 4.78 is 1.95. The second-order valence-electron chi connectivity index (χ2n) is 10.1. The SMILES string of the molecule is CCc1ccc(-c2cc3nc(C)c(C(C)C)c(N4CCCC(C(=O)O)(C(C)C)C4)n3n2)cc1. The van der Waals surface area contributed by atoms with Crippen LogP contribution in [-0.4, -0.2) is 38.8 Å². The molecule has 0 saturated carbocycles. The number of aromatic nitrogens is 3. The maximum Gasteiger partial charge on any atom is 0.311 e. The first-order chi connectivity index (χ1) is 15.7. The molecule has 1 aliphatic rings. The highest BCUT2D eigenvalue weighted by atomic mass is 16.4. The maximum absolute atomic E-state index is 12.4. The van der Waals surface area contributed by atoms with Gasteiger partial charge in [-0.3, -0.25) is 4.79 Å². The van der Waals surface area contributed by atoms with Gasteiger partial charge < -0.3 is 10.0 Å². The number of carboxylic acids is 1. The van der Waals surface area contributed by atoms with E-state index in [2.05, 4.69) is 56.9 Å². The van der Waals surface area contributed by atoms with Gasteiger partial charge in [-0.05, 0) is 43.6 Å². The van der Waals surface area contributed by atoms with Gasteiger partial charge in [0, 0.05) is 36.0 Å². The van der Waals surface area contributed by atoms with Crippen molar-refractivity contribution < 1.29 is 9.90 Å². The van der Waals surface area contributed by atoms with E-state index in [4.69, 9.17) is 10.1 Å². The van der Waals surface area contributed by atoms with Crippen LogP contribution < -0.4 is 4.90 Å². The van der Waals surface area contributed by atoms with Crippen LogP contribution in [0.3, 0.4) is 0 Å². The Morgan fingerprint density at radius 3 is 2.45 bits per heavy atom. The van der Waals surface area contributed by atoms with E-state index < -0.39 is 11.4 Å². The quantitative estimate of drug-likeness (QED) is 0.522. The van der Waals surface area contributed by atoms with Crippen molar-refractivity contribution in [3.8, 4) is 11.3 Å². The molecule has 6 heteroatoms. The predicted octanol–water partition coefficient (Wildman–Crippen LogP) is 5.72. The standard InChI is InChI=1S/C27H36N4O2/c1-7-20-9-11-21(12-10-20)22-15-23-28-19(6)24(17(2)3)25(31(23)29-22)30-14-8-13-27(16-30,18(4)5)26(32)33/h9-12,15,17-18H,7-8,13-14,16H2,1-6H3,(H,32,33). The summed E-state index contributed by atoms with van der Waals surface area (Å²) in [6, 6.07) is 10.6. The molecule has 0 amide bonds. The summed E-state index contributed by atoms with van der Waals surface area (Å²) in [7, 11) is 0. The summed E-state index contributed by atoms with van der Waals surface area (Å²) in [6.07, 6.45) is 2.55. The zero-order chi connectivity index (χ0) is 23.9. The fourth-order valence-corrected chi connectivity index (χ4v) is 5.30. The topological polar surface area (TPSA) is 70.7 Å². The second-order valence-corrected chi connectivity index (χ2v) is 10.1. The molecule has 2 aromatic heterocycles. The van der Waals surface area contributed by atoms with Crippen LogP contribution in [0.2, 0.25) is 0 Å². The van der Waals surface area contributed by atoms with Crippen molar-refractivity contribution in [1.29, 1.82) is 0 Å². The molecule has 1 fully saturated rings. The molecule has 1 aromatic carbocycles. The zero-order valence-electron chi connectivity index (χ0n) is 20.7. The smallest absolute Gasteiger partial charge is 0.311 e. The lowest BCUT2D eigenvalue weighted by molar-refractivity contribution is -0.152. The third-order valence-electron chi connectivity index (χ3n) is 7.39. The van der Waals surface area contributed by atoms with E-state index in [0.717, 1.165) is 53.4 Å². The number of hydrogen-bond acceptors (Lipinski definition) is 4. The highest BCUT2D eigenvalue weighted by Gasteiger charge is 2.46. The number of aliphatic carboxylic acids is 1. The van der Waals surface area contributed by atoms with Crippen molar-refractivity contribution in [2.75, 3.05) is 18.0 Å². The van der Waals surface area contributed by atoms with Crippen molar-refractivity contribution in [2.24, 2.45) is 11.3 Å². The fraction of sp³-hybridized carbons (Fsp3) is 0.519. The molecular weight excluding hydrogens is 412 g/mol. The molecular formula is C27H36N4O2. The number of carbonyl (C=O) groups is 1. The average Bonchev–Trinajstić information content (AvgIpc) is 3.21. The van der Waals surface area contributed by atoms with Crippen LogP contribution in [0.25, 0.3) is 16.9 Å². The molecule has 1 unspecified atom stereocenters. The van der Waals surface area contributed by atoms with Gasteiger partial charge in [-0.15, -0.1) is 0 Å². The molecule has 6 nitrogen and oxygen atoms in total. The van der Waals surface area contributed by atoms with Crippen molar-refractivity contribution in [2.45, 2.75) is 66.7 Å². The molecule has 4 rings (SSSR count). The van der Waals surface area contributed by atoms with Gasteiger partial charge in [0.2, 0.25) is 0 Å². The highest BCUT2D eigenvalue weighted by molar-refractivity contribution is 5.77. The van der Waals surface area contributed by atoms with E-state index in [1.54, 1.807) is 0 Å². The molecule has 0 radical (unpaired) electrons. The number of hydrogen-bond donors (Lipinski definition) is 1. The summed E-state index contributed by atoms with van der Waals surface area (Å²) in [5, 5.41) is 15.2. The van der Waals surface area contributed by atoms with Crippen LogP contribution in [-0.2, 0) is 11.2 Å². The largest absolute Gasteiger partial charge is 0.481 e. The van der Waals surface area contributed by atoms with Crippen LogP contribution in [0.1, 0.15) is 70.2 Å². The zero-order valence-corrected chi connectivity index (χ0v) is 20.7. The summed E-state index contributed by atoms with van der Waals surface area (Å²) in [4.78, 5) is 19.6. The normalized spacial score (nSPS) is 19.1. The van der Waals surface area contributed by atoms with Gasteiger partial charge in [0.1, 0.15) is 5.82 Å².